The Kier molecular flexibility index (Phi) is 5.41. The molecule has 0 bridgehead atoms. The Morgan fingerprint density at radius 3 is 2.26 bits per heavy atom. The highest BCUT2D eigenvalue weighted by molar-refractivity contribution is 9.10. The van der Waals surface area contributed by atoms with E-state index in [4.69, 9.17) is 4.74 Å². The Morgan fingerprint density at radius 1 is 1.26 bits per heavy atom. The van der Waals surface area contributed by atoms with Gasteiger partial charge >= 0.3 is 6.09 Å². The van der Waals surface area contributed by atoms with Gasteiger partial charge in [0.25, 0.3) is 0 Å². The minimum Gasteiger partial charge on any atom is -0.444 e. The molecule has 1 amide bonds. The predicted octanol–water partition coefficient (Wildman–Crippen LogP) is 4.13. The number of carbonyl (C=O) groups is 1. The van der Waals surface area contributed by atoms with Gasteiger partial charge in [0, 0.05) is 11.0 Å². The van der Waals surface area contributed by atoms with Gasteiger partial charge in [-0.05, 0) is 69.9 Å². The molecule has 1 aromatic rings. The van der Waals surface area contributed by atoms with Crippen LogP contribution in [-0.4, -0.2) is 18.2 Å². The molecule has 19 heavy (non-hydrogen) atoms. The summed E-state index contributed by atoms with van der Waals surface area (Å²) in [4.78, 5) is 11.5. The smallest absolute Gasteiger partial charge is 0.407 e. The first kappa shape index (κ1) is 16.0. The van der Waals surface area contributed by atoms with Gasteiger partial charge in [-0.3, -0.25) is 0 Å². The van der Waals surface area contributed by atoms with E-state index in [1.165, 1.54) is 16.7 Å². The molecular formula is C15H22BrNO2. The Bertz CT molecular complexity index is 441. The summed E-state index contributed by atoms with van der Waals surface area (Å²) >= 11 is 3.48. The second kappa shape index (κ2) is 6.42. The summed E-state index contributed by atoms with van der Waals surface area (Å²) in [5.41, 5.74) is 3.29. The molecule has 1 aromatic carbocycles. The van der Waals surface area contributed by atoms with Crippen LogP contribution in [0.15, 0.2) is 16.6 Å². The van der Waals surface area contributed by atoms with Gasteiger partial charge in [-0.15, -0.1) is 0 Å². The number of hydrogen-bond acceptors (Lipinski definition) is 2. The Hall–Kier alpha value is -1.03. The summed E-state index contributed by atoms with van der Waals surface area (Å²) in [6.45, 7) is 10.3. The van der Waals surface area contributed by atoms with Gasteiger partial charge in [0.15, 0.2) is 0 Å². The molecule has 0 heterocycles. The van der Waals surface area contributed by atoms with Gasteiger partial charge in [-0.2, -0.15) is 0 Å². The van der Waals surface area contributed by atoms with Crippen LogP contribution in [0.25, 0.3) is 0 Å². The molecule has 0 spiro atoms. The summed E-state index contributed by atoms with van der Waals surface area (Å²) in [6.07, 6.45) is 0.449. The molecule has 0 atom stereocenters. The van der Waals surface area contributed by atoms with Crippen molar-refractivity contribution in [1.82, 2.24) is 5.32 Å². The normalized spacial score (nSPS) is 11.3. The van der Waals surface area contributed by atoms with Crippen molar-refractivity contribution < 1.29 is 9.53 Å². The minimum atomic E-state index is -0.451. The SMILES string of the molecule is Cc1cc(Br)cc(C)c1CCNC(=O)OC(C)(C)C. The molecule has 0 aliphatic carbocycles. The summed E-state index contributed by atoms with van der Waals surface area (Å²) in [7, 11) is 0. The van der Waals surface area contributed by atoms with Crippen LogP contribution in [0, 0.1) is 13.8 Å². The molecule has 1 rings (SSSR count). The molecule has 0 aromatic heterocycles. The maximum absolute atomic E-state index is 11.5. The molecule has 4 heteroatoms. The highest BCUT2D eigenvalue weighted by Gasteiger charge is 2.15. The summed E-state index contributed by atoms with van der Waals surface area (Å²) < 4.78 is 6.29. The second-order valence-electron chi connectivity index (χ2n) is 5.70. The number of amides is 1. The fourth-order valence-electron chi connectivity index (χ4n) is 1.94. The van der Waals surface area contributed by atoms with Crippen LogP contribution in [0.3, 0.4) is 0 Å². The van der Waals surface area contributed by atoms with Crippen LogP contribution in [0.2, 0.25) is 0 Å². The fraction of sp³-hybridized carbons (Fsp3) is 0.533. The van der Waals surface area contributed by atoms with Crippen LogP contribution in [-0.2, 0) is 11.2 Å². The molecule has 0 aliphatic heterocycles. The number of ether oxygens (including phenoxy) is 1. The number of nitrogens with one attached hydrogen (secondary N) is 1. The van der Waals surface area contributed by atoms with Crippen molar-refractivity contribution in [2.45, 2.75) is 46.6 Å². The summed E-state index contributed by atoms with van der Waals surface area (Å²) in [5.74, 6) is 0. The maximum atomic E-state index is 11.5. The molecule has 0 aliphatic rings. The molecular weight excluding hydrogens is 306 g/mol. The van der Waals surface area contributed by atoms with Crippen LogP contribution in [0.4, 0.5) is 4.79 Å². The Labute approximate surface area is 123 Å². The number of aryl methyl sites for hydroxylation is 2. The van der Waals surface area contributed by atoms with E-state index in [0.29, 0.717) is 6.54 Å². The monoisotopic (exact) mass is 327 g/mol. The van der Waals surface area contributed by atoms with Crippen molar-refractivity contribution >= 4 is 22.0 Å². The third-order valence-corrected chi connectivity index (χ3v) is 3.16. The lowest BCUT2D eigenvalue weighted by Gasteiger charge is -2.20. The second-order valence-corrected chi connectivity index (χ2v) is 6.61. The van der Waals surface area contributed by atoms with Crippen LogP contribution >= 0.6 is 15.9 Å². The Balaban J connectivity index is 2.52. The zero-order valence-corrected chi connectivity index (χ0v) is 13.8. The van der Waals surface area contributed by atoms with Gasteiger partial charge in [0.1, 0.15) is 5.60 Å². The van der Waals surface area contributed by atoms with Gasteiger partial charge in [-0.25, -0.2) is 4.79 Å². The highest BCUT2D eigenvalue weighted by Crippen LogP contribution is 2.20. The largest absolute Gasteiger partial charge is 0.444 e. The molecule has 0 unspecified atom stereocenters. The lowest BCUT2D eigenvalue weighted by atomic mass is 10.0. The van der Waals surface area contributed by atoms with E-state index in [9.17, 15) is 4.79 Å². The van der Waals surface area contributed by atoms with E-state index in [-0.39, 0.29) is 6.09 Å². The topological polar surface area (TPSA) is 38.3 Å². The highest BCUT2D eigenvalue weighted by atomic mass is 79.9. The van der Waals surface area contributed by atoms with E-state index in [1.54, 1.807) is 0 Å². The molecule has 0 fully saturated rings. The molecule has 0 saturated carbocycles. The van der Waals surface area contributed by atoms with Crippen LogP contribution in [0.5, 0.6) is 0 Å². The van der Waals surface area contributed by atoms with Gasteiger partial charge in [0.2, 0.25) is 0 Å². The van der Waals surface area contributed by atoms with Gasteiger partial charge in [0.05, 0.1) is 0 Å². The number of hydrogen-bond donors (Lipinski definition) is 1. The first-order chi connectivity index (χ1) is 8.69. The Morgan fingerprint density at radius 2 is 1.79 bits per heavy atom. The molecule has 1 N–H and O–H groups in total. The van der Waals surface area contributed by atoms with E-state index < -0.39 is 5.60 Å². The van der Waals surface area contributed by atoms with E-state index in [0.717, 1.165) is 10.9 Å². The van der Waals surface area contributed by atoms with E-state index >= 15 is 0 Å². The summed E-state index contributed by atoms with van der Waals surface area (Å²) in [6, 6.07) is 4.19. The molecule has 3 nitrogen and oxygen atoms in total. The zero-order chi connectivity index (χ0) is 14.6. The van der Waals surface area contributed by atoms with E-state index in [2.05, 4.69) is 47.2 Å². The number of rotatable bonds is 3. The third-order valence-electron chi connectivity index (χ3n) is 2.70. The molecule has 0 saturated heterocycles. The van der Waals surface area contributed by atoms with Crippen LogP contribution < -0.4 is 5.32 Å². The van der Waals surface area contributed by atoms with E-state index in [1.807, 2.05) is 20.8 Å². The first-order valence-electron chi connectivity index (χ1n) is 6.41. The van der Waals surface area contributed by atoms with Crippen molar-refractivity contribution in [2.75, 3.05) is 6.54 Å². The quantitative estimate of drug-likeness (QED) is 0.906. The van der Waals surface area contributed by atoms with Crippen LogP contribution in [0.1, 0.15) is 37.5 Å². The number of halogens is 1. The fourth-order valence-corrected chi connectivity index (χ4v) is 2.63. The van der Waals surface area contributed by atoms with Crippen molar-refractivity contribution in [3.8, 4) is 0 Å². The van der Waals surface area contributed by atoms with Gasteiger partial charge in [-0.1, -0.05) is 15.9 Å². The predicted molar refractivity (Wildman–Crippen MR) is 81.6 cm³/mol. The lowest BCUT2D eigenvalue weighted by Crippen LogP contribution is -2.33. The van der Waals surface area contributed by atoms with Crippen molar-refractivity contribution in [3.05, 3.63) is 33.3 Å². The third kappa shape index (κ3) is 5.64. The number of alkyl carbamates (subject to hydrolysis) is 1. The minimum absolute atomic E-state index is 0.361. The number of benzene rings is 1. The average Bonchev–Trinajstić information content (AvgIpc) is 2.19. The summed E-state index contributed by atoms with van der Waals surface area (Å²) in [5, 5.41) is 2.78. The lowest BCUT2D eigenvalue weighted by molar-refractivity contribution is 0.0528. The maximum Gasteiger partial charge on any atom is 0.407 e. The van der Waals surface area contributed by atoms with Crippen molar-refractivity contribution in [1.29, 1.82) is 0 Å². The molecule has 0 radical (unpaired) electrons. The number of carbonyl (C=O) groups excluding carboxylic acids is 1. The van der Waals surface area contributed by atoms with Gasteiger partial charge < -0.3 is 10.1 Å². The molecule has 106 valence electrons. The average molecular weight is 328 g/mol. The zero-order valence-electron chi connectivity index (χ0n) is 12.3. The first-order valence-corrected chi connectivity index (χ1v) is 7.21. The van der Waals surface area contributed by atoms with Crippen molar-refractivity contribution in [2.24, 2.45) is 0 Å². The van der Waals surface area contributed by atoms with Crippen molar-refractivity contribution in [3.63, 3.8) is 0 Å². The standard InChI is InChI=1S/C15H22BrNO2/c1-10-8-12(16)9-11(2)13(10)6-7-17-14(18)19-15(3,4)5/h8-9H,6-7H2,1-5H3,(H,17,18).